The number of nitrogens with one attached hydrogen (secondary N) is 1. The van der Waals surface area contributed by atoms with E-state index in [4.69, 9.17) is 16.1 Å². The molecule has 0 aliphatic rings. The summed E-state index contributed by atoms with van der Waals surface area (Å²) in [5.74, 6) is 0.224. The van der Waals surface area contributed by atoms with Crippen LogP contribution in [-0.2, 0) is 0 Å². The summed E-state index contributed by atoms with van der Waals surface area (Å²) in [6.45, 7) is 3.42. The Labute approximate surface area is 104 Å². The van der Waals surface area contributed by atoms with Gasteiger partial charge in [0.15, 0.2) is 0 Å². The first-order chi connectivity index (χ1) is 8.09. The van der Waals surface area contributed by atoms with Gasteiger partial charge >= 0.3 is 0 Å². The highest BCUT2D eigenvalue weighted by atomic mass is 35.5. The van der Waals surface area contributed by atoms with E-state index in [9.17, 15) is 4.79 Å². The van der Waals surface area contributed by atoms with Crippen LogP contribution in [0.15, 0.2) is 28.8 Å². The van der Waals surface area contributed by atoms with Crippen molar-refractivity contribution in [2.45, 2.75) is 13.8 Å². The number of carbonyl (C=O) groups is 1. The largest absolute Gasteiger partial charge is 0.361 e. The van der Waals surface area contributed by atoms with E-state index in [1.165, 1.54) is 0 Å². The zero-order chi connectivity index (χ0) is 12.4. The average molecular weight is 251 g/mol. The number of nitrogens with zero attached hydrogens (tertiary/aromatic N) is 1. The van der Waals surface area contributed by atoms with E-state index in [0.29, 0.717) is 27.7 Å². The maximum absolute atomic E-state index is 12.0. The van der Waals surface area contributed by atoms with Gasteiger partial charge in [-0.3, -0.25) is 4.79 Å². The van der Waals surface area contributed by atoms with Crippen LogP contribution in [-0.4, -0.2) is 11.1 Å². The molecule has 4 nitrogen and oxygen atoms in total. The first-order valence-corrected chi connectivity index (χ1v) is 5.46. The van der Waals surface area contributed by atoms with Crippen LogP contribution in [0, 0.1) is 13.8 Å². The Morgan fingerprint density at radius 3 is 2.65 bits per heavy atom. The maximum Gasteiger partial charge on any atom is 0.261 e. The van der Waals surface area contributed by atoms with Gasteiger partial charge in [0.2, 0.25) is 0 Å². The van der Waals surface area contributed by atoms with E-state index < -0.39 is 0 Å². The number of benzene rings is 1. The van der Waals surface area contributed by atoms with Gasteiger partial charge in [-0.25, -0.2) is 0 Å². The van der Waals surface area contributed by atoms with Crippen molar-refractivity contribution >= 4 is 23.2 Å². The highest BCUT2D eigenvalue weighted by Crippen LogP contribution is 2.22. The molecule has 0 radical (unpaired) electrons. The number of amides is 1. The number of halogens is 1. The Kier molecular flexibility index (Phi) is 3.15. The average Bonchev–Trinajstić information content (AvgIpc) is 2.62. The van der Waals surface area contributed by atoms with Crippen LogP contribution in [0.3, 0.4) is 0 Å². The number of carbonyl (C=O) groups excluding carboxylic acids is 1. The topological polar surface area (TPSA) is 55.1 Å². The summed E-state index contributed by atoms with van der Waals surface area (Å²) in [6.07, 6.45) is 0. The molecule has 2 aromatic rings. The fourth-order valence-electron chi connectivity index (χ4n) is 1.55. The Balaban J connectivity index is 2.27. The number of rotatable bonds is 2. The van der Waals surface area contributed by atoms with Crippen molar-refractivity contribution in [1.29, 1.82) is 0 Å². The first-order valence-electron chi connectivity index (χ1n) is 5.08. The summed E-state index contributed by atoms with van der Waals surface area (Å²) < 4.78 is 4.94. The van der Waals surface area contributed by atoms with Crippen LogP contribution < -0.4 is 5.32 Å². The van der Waals surface area contributed by atoms with E-state index >= 15 is 0 Å². The lowest BCUT2D eigenvalue weighted by atomic mass is 10.2. The predicted molar refractivity (Wildman–Crippen MR) is 65.4 cm³/mol. The maximum atomic E-state index is 12.0. The van der Waals surface area contributed by atoms with Gasteiger partial charge in [-0.05, 0) is 26.0 Å². The summed E-state index contributed by atoms with van der Waals surface area (Å²) in [4.78, 5) is 12.0. The van der Waals surface area contributed by atoms with Crippen molar-refractivity contribution in [3.63, 3.8) is 0 Å². The molecule has 88 valence electrons. The fourth-order valence-corrected chi connectivity index (χ4v) is 1.74. The molecule has 0 fully saturated rings. The van der Waals surface area contributed by atoms with Crippen LogP contribution in [0.25, 0.3) is 0 Å². The molecule has 0 bridgehead atoms. The molecule has 1 heterocycles. The monoisotopic (exact) mass is 250 g/mol. The minimum Gasteiger partial charge on any atom is -0.361 e. The van der Waals surface area contributed by atoms with Gasteiger partial charge < -0.3 is 9.84 Å². The molecule has 17 heavy (non-hydrogen) atoms. The lowest BCUT2D eigenvalue weighted by Gasteiger charge is -2.06. The summed E-state index contributed by atoms with van der Waals surface area (Å²) in [5.41, 5.74) is 1.58. The second-order valence-corrected chi connectivity index (χ2v) is 4.04. The number of aryl methyl sites for hydroxylation is 2. The second kappa shape index (κ2) is 4.59. The fraction of sp³-hybridized carbons (Fsp3) is 0.167. The van der Waals surface area contributed by atoms with Gasteiger partial charge in [0.25, 0.3) is 5.91 Å². The number of anilines is 1. The van der Waals surface area contributed by atoms with Gasteiger partial charge in [-0.2, -0.15) is 0 Å². The summed E-state index contributed by atoms with van der Waals surface area (Å²) >= 11 is 5.96. The molecule has 0 atom stereocenters. The molecule has 0 saturated carbocycles. The van der Waals surface area contributed by atoms with Gasteiger partial charge in [0.05, 0.1) is 16.4 Å². The molecule has 5 heteroatoms. The zero-order valence-corrected chi connectivity index (χ0v) is 10.2. The molecule has 1 N–H and O–H groups in total. The molecule has 0 spiro atoms. The molecule has 1 amide bonds. The van der Waals surface area contributed by atoms with Crippen molar-refractivity contribution in [3.05, 3.63) is 46.3 Å². The Bertz CT molecular complexity index is 544. The van der Waals surface area contributed by atoms with Crippen LogP contribution in [0.2, 0.25) is 5.02 Å². The molecule has 0 saturated heterocycles. The normalized spacial score (nSPS) is 10.3. The molecule has 1 aromatic carbocycles. The van der Waals surface area contributed by atoms with Gasteiger partial charge in [0, 0.05) is 0 Å². The number of aromatic nitrogens is 1. The number of para-hydroxylation sites is 1. The minimum atomic E-state index is -0.269. The van der Waals surface area contributed by atoms with Crippen molar-refractivity contribution in [1.82, 2.24) is 5.16 Å². The molecule has 0 aliphatic heterocycles. The molecule has 2 rings (SSSR count). The standard InChI is InChI=1S/C12H11ClN2O2/c1-7-11(8(2)17-15-7)12(16)14-10-6-4-3-5-9(10)13/h3-6H,1-2H3,(H,14,16). The highest BCUT2D eigenvalue weighted by molar-refractivity contribution is 6.33. The van der Waals surface area contributed by atoms with E-state index in [-0.39, 0.29) is 5.91 Å². The Hall–Kier alpha value is -1.81. The zero-order valence-electron chi connectivity index (χ0n) is 9.45. The van der Waals surface area contributed by atoms with Crippen LogP contribution in [0.5, 0.6) is 0 Å². The second-order valence-electron chi connectivity index (χ2n) is 3.63. The van der Waals surface area contributed by atoms with E-state index in [2.05, 4.69) is 10.5 Å². The Morgan fingerprint density at radius 1 is 1.35 bits per heavy atom. The molecule has 1 aromatic heterocycles. The van der Waals surface area contributed by atoms with Gasteiger partial charge in [0.1, 0.15) is 11.3 Å². The smallest absolute Gasteiger partial charge is 0.261 e. The van der Waals surface area contributed by atoms with Crippen molar-refractivity contribution in [3.8, 4) is 0 Å². The molecular formula is C12H11ClN2O2. The van der Waals surface area contributed by atoms with Crippen LogP contribution in [0.1, 0.15) is 21.8 Å². The van der Waals surface area contributed by atoms with Gasteiger partial charge in [-0.1, -0.05) is 28.9 Å². The van der Waals surface area contributed by atoms with E-state index in [0.717, 1.165) is 0 Å². The minimum absolute atomic E-state index is 0.269. The summed E-state index contributed by atoms with van der Waals surface area (Å²) in [6, 6.07) is 7.05. The lowest BCUT2D eigenvalue weighted by molar-refractivity contribution is 0.102. The van der Waals surface area contributed by atoms with Crippen LogP contribution in [0.4, 0.5) is 5.69 Å². The van der Waals surface area contributed by atoms with Crippen LogP contribution >= 0.6 is 11.6 Å². The third-order valence-corrected chi connectivity index (χ3v) is 2.71. The van der Waals surface area contributed by atoms with E-state index in [1.807, 2.05) is 0 Å². The number of hydrogen-bond acceptors (Lipinski definition) is 3. The quantitative estimate of drug-likeness (QED) is 0.891. The SMILES string of the molecule is Cc1noc(C)c1C(=O)Nc1ccccc1Cl. The molecule has 0 unspecified atom stereocenters. The van der Waals surface area contributed by atoms with Crippen molar-refractivity contribution < 1.29 is 9.32 Å². The van der Waals surface area contributed by atoms with Gasteiger partial charge in [-0.15, -0.1) is 0 Å². The molecule has 0 aliphatic carbocycles. The lowest BCUT2D eigenvalue weighted by Crippen LogP contribution is -2.13. The Morgan fingerprint density at radius 2 is 2.06 bits per heavy atom. The number of hydrogen-bond donors (Lipinski definition) is 1. The van der Waals surface area contributed by atoms with Crippen molar-refractivity contribution in [2.24, 2.45) is 0 Å². The summed E-state index contributed by atoms with van der Waals surface area (Å²) in [7, 11) is 0. The predicted octanol–water partition coefficient (Wildman–Crippen LogP) is 3.20. The van der Waals surface area contributed by atoms with E-state index in [1.54, 1.807) is 38.1 Å². The van der Waals surface area contributed by atoms with Crippen molar-refractivity contribution in [2.75, 3.05) is 5.32 Å². The summed E-state index contributed by atoms with van der Waals surface area (Å²) in [5, 5.41) is 6.95. The third-order valence-electron chi connectivity index (χ3n) is 2.38. The molecular weight excluding hydrogens is 240 g/mol. The first kappa shape index (κ1) is 11.7. The third kappa shape index (κ3) is 2.31. The highest BCUT2D eigenvalue weighted by Gasteiger charge is 2.17.